The first-order valence-electron chi connectivity index (χ1n) is 19.7. The van der Waals surface area contributed by atoms with Crippen LogP contribution in [-0.2, 0) is 5.41 Å². The van der Waals surface area contributed by atoms with Gasteiger partial charge >= 0.3 is 0 Å². The zero-order valence-electron chi connectivity index (χ0n) is 31.9. The molecule has 2 heteroatoms. The maximum Gasteiger partial charge on any atom is 0.160 e. The predicted octanol–water partition coefficient (Wildman–Crippen LogP) is 14.6. The van der Waals surface area contributed by atoms with Gasteiger partial charge in [-0.05, 0) is 101 Å². The molecule has 11 rings (SSSR count). The Balaban J connectivity index is 1.10. The molecular formula is C55H38N2. The van der Waals surface area contributed by atoms with Gasteiger partial charge in [-0.2, -0.15) is 0 Å². The first kappa shape index (κ1) is 33.2. The average Bonchev–Trinajstić information content (AvgIpc) is 3.51. The van der Waals surface area contributed by atoms with Crippen LogP contribution in [0.4, 0.5) is 0 Å². The molecule has 0 saturated heterocycles. The van der Waals surface area contributed by atoms with Crippen molar-refractivity contribution < 1.29 is 0 Å². The standard InChI is InChI=1S/C55H38N2/c1-55(2)49-26-13-12-23-43(49)44-29-28-38(33-50(44)55)37-19-14-20-40(31-37)51-34-52(57-54(56-51)36-16-4-3-5-17-36)45-24-10-11-25-46(45)53-42-22-9-7-18-39(42)32-48-41-21-8-6-15-35(41)27-30-47(48)53/h3-34H,1-2H3. The molecule has 0 aliphatic heterocycles. The van der Waals surface area contributed by atoms with Crippen LogP contribution in [0.25, 0.3) is 99.6 Å². The first-order valence-corrected chi connectivity index (χ1v) is 19.7. The second-order valence-corrected chi connectivity index (χ2v) is 15.7. The van der Waals surface area contributed by atoms with Crippen LogP contribution in [0.1, 0.15) is 25.0 Å². The minimum Gasteiger partial charge on any atom is -0.228 e. The fourth-order valence-corrected chi connectivity index (χ4v) is 9.23. The van der Waals surface area contributed by atoms with Crippen molar-refractivity contribution in [3.63, 3.8) is 0 Å². The van der Waals surface area contributed by atoms with Crippen LogP contribution in [0.5, 0.6) is 0 Å². The lowest BCUT2D eigenvalue weighted by atomic mass is 9.81. The fraction of sp³-hybridized carbons (Fsp3) is 0.0545. The van der Waals surface area contributed by atoms with E-state index in [1.165, 1.54) is 71.3 Å². The first-order chi connectivity index (χ1) is 28.0. The Morgan fingerprint density at radius 2 is 0.965 bits per heavy atom. The Hall–Kier alpha value is -7.16. The highest BCUT2D eigenvalue weighted by molar-refractivity contribution is 6.21. The molecule has 1 aliphatic carbocycles. The number of hydrogen-bond donors (Lipinski definition) is 0. The summed E-state index contributed by atoms with van der Waals surface area (Å²) in [5, 5.41) is 7.41. The van der Waals surface area contributed by atoms with E-state index in [-0.39, 0.29) is 5.41 Å². The highest BCUT2D eigenvalue weighted by Gasteiger charge is 2.35. The summed E-state index contributed by atoms with van der Waals surface area (Å²) < 4.78 is 0. The van der Waals surface area contributed by atoms with E-state index in [1.807, 2.05) is 6.07 Å². The van der Waals surface area contributed by atoms with Gasteiger partial charge < -0.3 is 0 Å². The lowest BCUT2D eigenvalue weighted by molar-refractivity contribution is 0.660. The minimum atomic E-state index is -0.0679. The number of aromatic nitrogens is 2. The van der Waals surface area contributed by atoms with Crippen molar-refractivity contribution >= 4 is 32.3 Å². The summed E-state index contributed by atoms with van der Waals surface area (Å²) >= 11 is 0. The molecular weight excluding hydrogens is 689 g/mol. The highest BCUT2D eigenvalue weighted by Crippen LogP contribution is 2.50. The molecule has 9 aromatic carbocycles. The molecule has 2 nitrogen and oxygen atoms in total. The normalized spacial score (nSPS) is 12.9. The van der Waals surface area contributed by atoms with Gasteiger partial charge in [0, 0.05) is 22.1 Å². The third kappa shape index (κ3) is 5.40. The van der Waals surface area contributed by atoms with Crippen molar-refractivity contribution in [3.05, 3.63) is 205 Å². The predicted molar refractivity (Wildman–Crippen MR) is 239 cm³/mol. The van der Waals surface area contributed by atoms with Crippen molar-refractivity contribution in [1.82, 2.24) is 9.97 Å². The van der Waals surface area contributed by atoms with Crippen molar-refractivity contribution in [1.29, 1.82) is 0 Å². The Labute approximate surface area is 332 Å². The number of nitrogens with zero attached hydrogens (tertiary/aromatic N) is 2. The van der Waals surface area contributed by atoms with E-state index >= 15 is 0 Å². The zero-order chi connectivity index (χ0) is 38.1. The molecule has 10 aromatic rings. The van der Waals surface area contributed by atoms with Crippen molar-refractivity contribution in [2.75, 3.05) is 0 Å². The lowest BCUT2D eigenvalue weighted by Crippen LogP contribution is -2.14. The van der Waals surface area contributed by atoms with Crippen LogP contribution >= 0.6 is 0 Å². The summed E-state index contributed by atoms with van der Waals surface area (Å²) in [6.45, 7) is 4.68. The zero-order valence-corrected chi connectivity index (χ0v) is 31.9. The van der Waals surface area contributed by atoms with Crippen molar-refractivity contribution in [2.45, 2.75) is 19.3 Å². The maximum atomic E-state index is 5.34. The average molecular weight is 727 g/mol. The number of benzene rings is 9. The highest BCUT2D eigenvalue weighted by atomic mass is 14.9. The van der Waals surface area contributed by atoms with Crippen LogP contribution < -0.4 is 0 Å². The molecule has 0 amide bonds. The Kier molecular flexibility index (Phi) is 7.55. The molecule has 1 heterocycles. The fourth-order valence-electron chi connectivity index (χ4n) is 9.23. The van der Waals surface area contributed by atoms with Crippen LogP contribution in [0.15, 0.2) is 194 Å². The molecule has 0 saturated carbocycles. The van der Waals surface area contributed by atoms with E-state index in [4.69, 9.17) is 9.97 Å². The van der Waals surface area contributed by atoms with Crippen LogP contribution in [0, 0.1) is 0 Å². The van der Waals surface area contributed by atoms with Gasteiger partial charge in [-0.3, -0.25) is 0 Å². The molecule has 57 heavy (non-hydrogen) atoms. The van der Waals surface area contributed by atoms with Crippen LogP contribution in [0.2, 0.25) is 0 Å². The maximum absolute atomic E-state index is 5.34. The molecule has 0 bridgehead atoms. The van der Waals surface area contributed by atoms with Gasteiger partial charge in [0.1, 0.15) is 0 Å². The molecule has 0 spiro atoms. The van der Waals surface area contributed by atoms with Gasteiger partial charge in [-0.25, -0.2) is 9.97 Å². The largest absolute Gasteiger partial charge is 0.228 e. The summed E-state index contributed by atoms with van der Waals surface area (Å²) in [5.41, 5.74) is 15.0. The Bertz CT molecular complexity index is 3210. The Morgan fingerprint density at radius 1 is 0.333 bits per heavy atom. The SMILES string of the molecule is CC1(C)c2ccccc2-c2ccc(-c3cccc(-c4cc(-c5ccccc5-c5c6ccccc6cc6c5ccc5ccccc56)nc(-c5ccccc5)n4)c3)cc21. The molecule has 268 valence electrons. The molecule has 0 radical (unpaired) electrons. The molecule has 0 N–H and O–H groups in total. The van der Waals surface area contributed by atoms with Crippen molar-refractivity contribution in [2.24, 2.45) is 0 Å². The van der Waals surface area contributed by atoms with Crippen molar-refractivity contribution in [3.8, 4) is 67.3 Å². The van der Waals surface area contributed by atoms with Gasteiger partial charge in [0.15, 0.2) is 5.82 Å². The van der Waals surface area contributed by atoms with E-state index < -0.39 is 0 Å². The van der Waals surface area contributed by atoms with Gasteiger partial charge in [-0.1, -0.05) is 184 Å². The molecule has 0 atom stereocenters. The number of fused-ring (bicyclic) bond motifs is 7. The minimum absolute atomic E-state index is 0.0679. The second-order valence-electron chi connectivity index (χ2n) is 15.7. The summed E-state index contributed by atoms with van der Waals surface area (Å²) in [7, 11) is 0. The van der Waals surface area contributed by atoms with Crippen LogP contribution in [0.3, 0.4) is 0 Å². The number of rotatable bonds is 5. The van der Waals surface area contributed by atoms with E-state index in [9.17, 15) is 0 Å². The summed E-state index contributed by atoms with van der Waals surface area (Å²) in [4.78, 5) is 10.6. The quantitative estimate of drug-likeness (QED) is 0.130. The van der Waals surface area contributed by atoms with E-state index in [0.29, 0.717) is 5.82 Å². The van der Waals surface area contributed by atoms with Crippen LogP contribution in [-0.4, -0.2) is 9.97 Å². The number of hydrogen-bond acceptors (Lipinski definition) is 2. The summed E-state index contributed by atoms with van der Waals surface area (Å²) in [6, 6.07) is 70.2. The van der Waals surface area contributed by atoms with Gasteiger partial charge in [-0.15, -0.1) is 0 Å². The second kappa shape index (κ2) is 13.0. The lowest BCUT2D eigenvalue weighted by Gasteiger charge is -2.22. The molecule has 1 aliphatic rings. The van der Waals surface area contributed by atoms with Gasteiger partial charge in [0.05, 0.1) is 11.4 Å². The molecule has 1 aromatic heterocycles. The van der Waals surface area contributed by atoms with Gasteiger partial charge in [0.2, 0.25) is 0 Å². The Morgan fingerprint density at radius 3 is 1.82 bits per heavy atom. The smallest absolute Gasteiger partial charge is 0.160 e. The van der Waals surface area contributed by atoms with Gasteiger partial charge in [0.25, 0.3) is 0 Å². The summed E-state index contributed by atoms with van der Waals surface area (Å²) in [5.74, 6) is 0.703. The topological polar surface area (TPSA) is 25.8 Å². The third-order valence-electron chi connectivity index (χ3n) is 12.1. The van der Waals surface area contributed by atoms with E-state index in [1.54, 1.807) is 0 Å². The molecule has 0 unspecified atom stereocenters. The van der Waals surface area contributed by atoms with E-state index in [0.717, 1.165) is 33.6 Å². The third-order valence-corrected chi connectivity index (χ3v) is 12.1. The summed E-state index contributed by atoms with van der Waals surface area (Å²) in [6.07, 6.45) is 0. The van der Waals surface area contributed by atoms with E-state index in [2.05, 4.69) is 202 Å². The monoisotopic (exact) mass is 726 g/mol. The molecule has 0 fully saturated rings.